The summed E-state index contributed by atoms with van der Waals surface area (Å²) in [5.74, 6) is 0. The standard InChI is InChI=1S/C15H24BNO3S/c1-14(2)15(3,4)20-16(19-14)12-9-13(21-11-12)10-17-5-7-18-8-6-17/h9,11H,5-8,10H2,1-4H3. The number of hydrogen-bond donors (Lipinski definition) is 0. The van der Waals surface area contributed by atoms with Crippen LogP contribution in [0.5, 0.6) is 0 Å². The Bertz CT molecular complexity index is 481. The van der Waals surface area contributed by atoms with E-state index in [1.165, 1.54) is 4.88 Å². The monoisotopic (exact) mass is 309 g/mol. The second kappa shape index (κ2) is 5.67. The SMILES string of the molecule is CC1(C)OB(c2csc(CN3CCOCC3)c2)OC1(C)C. The summed E-state index contributed by atoms with van der Waals surface area (Å²) in [7, 11) is -0.246. The van der Waals surface area contributed by atoms with E-state index in [4.69, 9.17) is 14.0 Å². The lowest BCUT2D eigenvalue weighted by molar-refractivity contribution is 0.00578. The van der Waals surface area contributed by atoms with Crippen molar-refractivity contribution in [3.8, 4) is 0 Å². The van der Waals surface area contributed by atoms with E-state index in [2.05, 4.69) is 44.0 Å². The zero-order chi connectivity index (χ0) is 15.1. The van der Waals surface area contributed by atoms with Gasteiger partial charge in [-0.1, -0.05) is 0 Å². The number of ether oxygens (including phenoxy) is 1. The van der Waals surface area contributed by atoms with Gasteiger partial charge >= 0.3 is 7.12 Å². The second-order valence-electron chi connectivity index (χ2n) is 6.82. The van der Waals surface area contributed by atoms with Crippen LogP contribution in [-0.2, 0) is 20.6 Å². The summed E-state index contributed by atoms with van der Waals surface area (Å²) in [4.78, 5) is 3.80. The second-order valence-corrected chi connectivity index (χ2v) is 7.82. The fourth-order valence-electron chi connectivity index (χ4n) is 2.56. The van der Waals surface area contributed by atoms with Crippen molar-refractivity contribution in [2.24, 2.45) is 0 Å². The average molecular weight is 309 g/mol. The summed E-state index contributed by atoms with van der Waals surface area (Å²) in [6.45, 7) is 13.1. The maximum Gasteiger partial charge on any atom is 0.495 e. The third-order valence-corrected chi connectivity index (χ3v) is 5.62. The summed E-state index contributed by atoms with van der Waals surface area (Å²) in [6, 6.07) is 2.22. The number of nitrogens with zero attached hydrogens (tertiary/aromatic N) is 1. The van der Waals surface area contributed by atoms with Gasteiger partial charge in [-0.3, -0.25) is 4.90 Å². The first-order valence-corrected chi connectivity index (χ1v) is 8.48. The van der Waals surface area contributed by atoms with Gasteiger partial charge in [-0.2, -0.15) is 0 Å². The smallest absolute Gasteiger partial charge is 0.399 e. The van der Waals surface area contributed by atoms with Gasteiger partial charge in [0.2, 0.25) is 0 Å². The predicted molar refractivity (Wildman–Crippen MR) is 86.1 cm³/mol. The Labute approximate surface area is 131 Å². The molecule has 0 bridgehead atoms. The summed E-state index contributed by atoms with van der Waals surface area (Å²) in [5, 5.41) is 2.16. The zero-order valence-electron chi connectivity index (χ0n) is 13.3. The number of morpholine rings is 1. The lowest BCUT2D eigenvalue weighted by Gasteiger charge is -2.32. The third kappa shape index (κ3) is 3.20. The molecule has 4 nitrogen and oxygen atoms in total. The Morgan fingerprint density at radius 2 is 1.76 bits per heavy atom. The van der Waals surface area contributed by atoms with E-state index in [1.807, 2.05) is 0 Å². The summed E-state index contributed by atoms with van der Waals surface area (Å²) in [6.07, 6.45) is 0. The first-order chi connectivity index (χ1) is 9.87. The third-order valence-electron chi connectivity index (χ3n) is 4.68. The van der Waals surface area contributed by atoms with Crippen LogP contribution >= 0.6 is 11.3 Å². The maximum absolute atomic E-state index is 6.10. The van der Waals surface area contributed by atoms with Crippen molar-refractivity contribution >= 4 is 23.9 Å². The lowest BCUT2D eigenvalue weighted by Crippen LogP contribution is -2.41. The van der Waals surface area contributed by atoms with Crippen LogP contribution < -0.4 is 5.46 Å². The molecule has 0 radical (unpaired) electrons. The quantitative estimate of drug-likeness (QED) is 0.798. The van der Waals surface area contributed by atoms with Crippen LogP contribution in [0.3, 0.4) is 0 Å². The number of rotatable bonds is 3. The molecule has 0 N–H and O–H groups in total. The molecule has 0 atom stereocenters. The minimum atomic E-state index is -0.274. The highest BCUT2D eigenvalue weighted by atomic mass is 32.1. The maximum atomic E-state index is 6.10. The summed E-state index contributed by atoms with van der Waals surface area (Å²) in [5.41, 5.74) is 0.593. The van der Waals surface area contributed by atoms with Crippen molar-refractivity contribution in [2.45, 2.75) is 45.4 Å². The molecule has 3 heterocycles. The van der Waals surface area contributed by atoms with Crippen molar-refractivity contribution in [1.29, 1.82) is 0 Å². The zero-order valence-corrected chi connectivity index (χ0v) is 14.2. The molecule has 0 spiro atoms. The van der Waals surface area contributed by atoms with Crippen molar-refractivity contribution < 1.29 is 14.0 Å². The highest BCUT2D eigenvalue weighted by molar-refractivity contribution is 7.11. The molecule has 2 fully saturated rings. The topological polar surface area (TPSA) is 30.9 Å². The number of hydrogen-bond acceptors (Lipinski definition) is 5. The average Bonchev–Trinajstić information content (AvgIpc) is 2.94. The summed E-state index contributed by atoms with van der Waals surface area (Å²) < 4.78 is 17.6. The molecule has 0 saturated carbocycles. The molecule has 3 rings (SSSR count). The Hall–Kier alpha value is -0.395. The van der Waals surface area contributed by atoms with E-state index < -0.39 is 0 Å². The Kier molecular flexibility index (Phi) is 4.18. The van der Waals surface area contributed by atoms with Gasteiger partial charge in [-0.05, 0) is 44.6 Å². The Morgan fingerprint density at radius 3 is 2.38 bits per heavy atom. The van der Waals surface area contributed by atoms with Gasteiger partial charge in [0.25, 0.3) is 0 Å². The fourth-order valence-corrected chi connectivity index (χ4v) is 3.49. The van der Waals surface area contributed by atoms with E-state index in [1.54, 1.807) is 11.3 Å². The molecular weight excluding hydrogens is 285 g/mol. The minimum absolute atomic E-state index is 0.246. The van der Waals surface area contributed by atoms with Crippen molar-refractivity contribution in [2.75, 3.05) is 26.3 Å². The van der Waals surface area contributed by atoms with E-state index in [0.717, 1.165) is 38.3 Å². The molecule has 0 amide bonds. The molecule has 21 heavy (non-hydrogen) atoms. The lowest BCUT2D eigenvalue weighted by atomic mass is 9.81. The van der Waals surface area contributed by atoms with E-state index in [0.29, 0.717) is 0 Å². The van der Waals surface area contributed by atoms with Crippen LogP contribution in [0.4, 0.5) is 0 Å². The van der Waals surface area contributed by atoms with Crippen LogP contribution in [-0.4, -0.2) is 49.5 Å². The summed E-state index contributed by atoms with van der Waals surface area (Å²) >= 11 is 1.79. The van der Waals surface area contributed by atoms with E-state index in [9.17, 15) is 0 Å². The van der Waals surface area contributed by atoms with Crippen molar-refractivity contribution in [3.05, 3.63) is 16.3 Å². The normalized spacial score (nSPS) is 25.4. The predicted octanol–water partition coefficient (Wildman–Crippen LogP) is 1.88. The van der Waals surface area contributed by atoms with Crippen molar-refractivity contribution in [3.63, 3.8) is 0 Å². The number of thiophene rings is 1. The van der Waals surface area contributed by atoms with Crippen LogP contribution in [0.1, 0.15) is 32.6 Å². The molecule has 2 aliphatic rings. The Balaban J connectivity index is 1.65. The molecule has 2 aliphatic heterocycles. The Morgan fingerprint density at radius 1 is 1.14 bits per heavy atom. The molecule has 116 valence electrons. The highest BCUT2D eigenvalue weighted by Crippen LogP contribution is 2.36. The van der Waals surface area contributed by atoms with Crippen LogP contribution in [0.25, 0.3) is 0 Å². The van der Waals surface area contributed by atoms with Gasteiger partial charge in [0.15, 0.2) is 0 Å². The van der Waals surface area contributed by atoms with Gasteiger partial charge in [-0.25, -0.2) is 0 Å². The first-order valence-electron chi connectivity index (χ1n) is 7.60. The molecule has 1 aromatic rings. The van der Waals surface area contributed by atoms with Gasteiger partial charge in [0.05, 0.1) is 24.4 Å². The van der Waals surface area contributed by atoms with Crippen LogP contribution in [0.2, 0.25) is 0 Å². The van der Waals surface area contributed by atoms with E-state index in [-0.39, 0.29) is 18.3 Å². The van der Waals surface area contributed by atoms with Crippen LogP contribution in [0, 0.1) is 0 Å². The molecule has 2 saturated heterocycles. The van der Waals surface area contributed by atoms with Gasteiger partial charge in [-0.15, -0.1) is 11.3 Å². The van der Waals surface area contributed by atoms with Crippen molar-refractivity contribution in [1.82, 2.24) is 4.90 Å². The molecular formula is C15H24BNO3S. The van der Waals surface area contributed by atoms with Crippen LogP contribution in [0.15, 0.2) is 11.4 Å². The first kappa shape index (κ1) is 15.5. The molecule has 1 aromatic heterocycles. The largest absolute Gasteiger partial charge is 0.495 e. The minimum Gasteiger partial charge on any atom is -0.399 e. The molecule has 6 heteroatoms. The van der Waals surface area contributed by atoms with Gasteiger partial charge in [0, 0.05) is 24.5 Å². The van der Waals surface area contributed by atoms with Gasteiger partial charge < -0.3 is 14.0 Å². The highest BCUT2D eigenvalue weighted by Gasteiger charge is 2.51. The van der Waals surface area contributed by atoms with Gasteiger partial charge in [0.1, 0.15) is 0 Å². The molecule has 0 unspecified atom stereocenters. The van der Waals surface area contributed by atoms with E-state index >= 15 is 0 Å². The molecule has 0 aromatic carbocycles. The molecule has 0 aliphatic carbocycles. The fraction of sp³-hybridized carbons (Fsp3) is 0.733.